The third kappa shape index (κ3) is 21.5. The maximum absolute atomic E-state index is 14.2. The predicted octanol–water partition coefficient (Wildman–Crippen LogP) is 2.49. The number of aryl methyl sites for hydroxylation is 3. The van der Waals surface area contributed by atoms with E-state index < -0.39 is 0 Å². The van der Waals surface area contributed by atoms with Gasteiger partial charge in [-0.3, -0.25) is 29.3 Å². The molecule has 5 aromatic heterocycles. The van der Waals surface area contributed by atoms with Crippen LogP contribution in [-0.4, -0.2) is 164 Å². The number of hydrogen-bond acceptors (Lipinski definition) is 16. The number of rotatable bonds is 11. The minimum Gasteiger partial charge on any atom is -1.00 e. The van der Waals surface area contributed by atoms with Gasteiger partial charge in [-0.1, -0.05) is 40.9 Å². The molecule has 0 saturated carbocycles. The van der Waals surface area contributed by atoms with Gasteiger partial charge in [0.15, 0.2) is 11.3 Å². The van der Waals surface area contributed by atoms with E-state index in [0.717, 1.165) is 33.3 Å². The van der Waals surface area contributed by atoms with Crippen molar-refractivity contribution < 1.29 is 147 Å². The van der Waals surface area contributed by atoms with Gasteiger partial charge in [0.25, 0.3) is 6.47 Å². The quantitative estimate of drug-likeness (QED) is 0.0492. The van der Waals surface area contributed by atoms with Crippen LogP contribution in [0, 0.1) is 38.2 Å². The van der Waals surface area contributed by atoms with Crippen LogP contribution in [0.4, 0.5) is 36.1 Å². The smallest absolute Gasteiger partial charge is 1.00 e. The van der Waals surface area contributed by atoms with Crippen LogP contribution in [0.15, 0.2) is 115 Å². The van der Waals surface area contributed by atoms with Crippen molar-refractivity contribution >= 4 is 122 Å². The normalized spacial score (nSPS) is 13.7. The second-order valence-corrected chi connectivity index (χ2v) is 21.3. The molecule has 3 fully saturated rings. The van der Waals surface area contributed by atoms with E-state index >= 15 is 0 Å². The molecular weight excluding hydrogens is 1290 g/mol. The van der Waals surface area contributed by atoms with Crippen LogP contribution in [-0.2, 0) is 37.2 Å². The molecule has 0 unspecified atom stereocenters. The largest absolute Gasteiger partial charge is 1.00 e. The molecule has 30 heteroatoms. The zero-order valence-electron chi connectivity index (χ0n) is 51.0. The van der Waals surface area contributed by atoms with Gasteiger partial charge in [-0.2, -0.15) is 15.3 Å². The molecule has 3 amide bonds. The van der Waals surface area contributed by atoms with Crippen LogP contribution in [0.3, 0.4) is 0 Å². The van der Waals surface area contributed by atoms with Crippen molar-refractivity contribution in [2.75, 3.05) is 105 Å². The van der Waals surface area contributed by atoms with Gasteiger partial charge >= 0.3 is 103 Å². The zero-order chi connectivity index (χ0) is 62.6. The summed E-state index contributed by atoms with van der Waals surface area (Å²) in [6.45, 7) is 14.3. The van der Waals surface area contributed by atoms with Gasteiger partial charge in [0.2, 0.25) is 17.7 Å². The standard InChI is InChI=1S/2C19H19ClFN5O.C13H15Cl2FN2O.C7H9N3.CH2O3.2K.H/c1-13-9-17(16(21)10-15(13)20)24-5-7-25(8-6-24)18(27)12-26-11-14-3-2-4-22-19(14)23-26;1-13-9-17(16(21)10-15(13)20)24-5-7-25(8-6-24)18(27)12-26-19-14(11-23-26)3-2-4-22-19;1-9-6-12(11(16)7-10(9)15)17-2-4-18(5-3-17)13(19)8-14;1-2-9-10-7-5-3-4-6-8-7;2-1-4-3;;;/h2*2-4,9-11H,5-8,12H2,1H3;6-7H,2-5,8H2,1H3;2-6H,1H3,(H,8,10);1,3H;;;/q;;;;;2*+1;-1/p-1/b;;;9-2-;;;;. The molecule has 0 atom stereocenters. The SMILES string of the molecule is C/C=N\Nc1ccccn1.Cc1cc(N2CCN(C(=O)CCl)CC2)c(F)cc1Cl.Cc1cc(N2CCN(C(=O)Cn3cc4cccnc4n3)CC2)c(F)cc1Cl.Cc1cc(N2CCN(C(=O)Cn3ncc4cccnc43)CC2)c(F)cc1Cl.O=CO[O-].[H-].[K+].[K+]. The van der Waals surface area contributed by atoms with E-state index in [0.29, 0.717) is 122 Å². The molecule has 462 valence electrons. The molecule has 11 rings (SSSR count). The molecule has 89 heavy (non-hydrogen) atoms. The fourth-order valence-corrected chi connectivity index (χ4v) is 9.99. The zero-order valence-corrected chi connectivity index (χ0v) is 59.3. The molecule has 0 aliphatic carbocycles. The number of fused-ring (bicyclic) bond motifs is 2. The van der Waals surface area contributed by atoms with Crippen molar-refractivity contribution in [2.45, 2.75) is 40.8 Å². The monoisotopic (exact) mass is 1350 g/mol. The number of pyridine rings is 3. The molecule has 3 saturated heterocycles. The predicted molar refractivity (Wildman–Crippen MR) is 331 cm³/mol. The number of hydrogen-bond donors (Lipinski definition) is 1. The Morgan fingerprint density at radius 2 is 1.07 bits per heavy atom. The van der Waals surface area contributed by atoms with Gasteiger partial charge in [-0.15, -0.1) is 11.6 Å². The van der Waals surface area contributed by atoms with Crippen molar-refractivity contribution in [3.8, 4) is 0 Å². The first-order valence-corrected chi connectivity index (χ1v) is 29.0. The summed E-state index contributed by atoms with van der Waals surface area (Å²) < 4.78 is 45.6. The number of hydrazone groups is 1. The van der Waals surface area contributed by atoms with Crippen LogP contribution >= 0.6 is 46.4 Å². The Balaban J connectivity index is 0.000000259. The number of halogens is 7. The molecule has 0 radical (unpaired) electrons. The molecule has 3 aromatic carbocycles. The average molecular weight is 1360 g/mol. The first kappa shape index (κ1) is 74.7. The summed E-state index contributed by atoms with van der Waals surface area (Å²) in [6.07, 6.45) is 10.3. The average Bonchev–Trinajstić information content (AvgIpc) is 1.34. The molecule has 0 spiro atoms. The molecule has 3 aliphatic heterocycles. The minimum absolute atomic E-state index is 0. The third-order valence-electron chi connectivity index (χ3n) is 14.0. The molecule has 1 N–H and O–H groups in total. The number of benzene rings is 3. The summed E-state index contributed by atoms with van der Waals surface area (Å²) in [4.78, 5) is 71.5. The number of aromatic nitrogens is 7. The van der Waals surface area contributed by atoms with Gasteiger partial charge in [0, 0.05) is 135 Å². The molecule has 0 bridgehead atoms. The minimum atomic E-state index is -0.334. The molecule has 8 aromatic rings. The van der Waals surface area contributed by atoms with Crippen molar-refractivity contribution in [1.82, 2.24) is 49.2 Å². The maximum atomic E-state index is 14.2. The summed E-state index contributed by atoms with van der Waals surface area (Å²) in [5, 5.41) is 23.9. The van der Waals surface area contributed by atoms with E-state index in [9.17, 15) is 27.6 Å². The topological polar surface area (TPSA) is 219 Å². The van der Waals surface area contributed by atoms with Crippen molar-refractivity contribution in [3.05, 3.63) is 159 Å². The second-order valence-electron chi connectivity index (χ2n) is 19.8. The number of carbonyl (C=O) groups excluding carboxylic acids is 4. The van der Waals surface area contributed by atoms with Gasteiger partial charge in [0.05, 0.1) is 23.3 Å². The van der Waals surface area contributed by atoms with Crippen molar-refractivity contribution in [2.24, 2.45) is 5.10 Å². The van der Waals surface area contributed by atoms with E-state index in [1.807, 2.05) is 91.1 Å². The van der Waals surface area contributed by atoms with Crippen LogP contribution in [0.2, 0.25) is 15.1 Å². The second kappa shape index (κ2) is 37.5. The Morgan fingerprint density at radius 3 is 1.49 bits per heavy atom. The Hall–Kier alpha value is -5.02. The van der Waals surface area contributed by atoms with Gasteiger partial charge < -0.3 is 41.0 Å². The van der Waals surface area contributed by atoms with Crippen LogP contribution in [0.5, 0.6) is 0 Å². The van der Waals surface area contributed by atoms with Crippen LogP contribution < -0.4 is 128 Å². The number of anilines is 4. The van der Waals surface area contributed by atoms with E-state index in [2.05, 4.69) is 40.6 Å². The number of amides is 3. The molecule has 21 nitrogen and oxygen atoms in total. The summed E-state index contributed by atoms with van der Waals surface area (Å²) in [6, 6.07) is 22.4. The number of alkyl halides is 1. The van der Waals surface area contributed by atoms with Gasteiger partial charge in [0.1, 0.15) is 42.2 Å². The summed E-state index contributed by atoms with van der Waals surface area (Å²) in [7, 11) is 0. The van der Waals surface area contributed by atoms with Crippen LogP contribution in [0.1, 0.15) is 25.0 Å². The molecule has 3 aliphatic rings. The van der Waals surface area contributed by atoms with E-state index in [-0.39, 0.29) is 165 Å². The first-order valence-electron chi connectivity index (χ1n) is 27.3. The third-order valence-corrected chi connectivity index (χ3v) is 15.5. The van der Waals surface area contributed by atoms with Gasteiger partial charge in [-0.25, -0.2) is 32.8 Å². The summed E-state index contributed by atoms with van der Waals surface area (Å²) in [5.74, 6) is -0.328. The number of carbonyl (C=O) groups is 4. The van der Waals surface area contributed by atoms with E-state index in [1.54, 1.807) is 73.3 Å². The van der Waals surface area contributed by atoms with Crippen molar-refractivity contribution in [3.63, 3.8) is 0 Å². The maximum Gasteiger partial charge on any atom is 1.00 e. The Morgan fingerprint density at radius 1 is 0.629 bits per heavy atom. The summed E-state index contributed by atoms with van der Waals surface area (Å²) >= 11 is 23.4. The van der Waals surface area contributed by atoms with Crippen LogP contribution in [0.25, 0.3) is 22.1 Å². The van der Waals surface area contributed by atoms with E-state index in [1.165, 1.54) is 18.2 Å². The number of nitrogens with one attached hydrogen (secondary N) is 1. The fourth-order valence-electron chi connectivity index (χ4n) is 9.37. The molecular formula is C59H64Cl4F3K2N15O6. The van der Waals surface area contributed by atoms with E-state index in [4.69, 9.17) is 56.5 Å². The molecule has 8 heterocycles. The van der Waals surface area contributed by atoms with Gasteiger partial charge in [-0.05, 0) is 117 Å². The fraction of sp³-hybridized carbons (Fsp3) is 0.322. The number of nitrogens with zero attached hydrogens (tertiary/aromatic N) is 14. The number of piperazine rings is 3. The Labute approximate surface area is 619 Å². The van der Waals surface area contributed by atoms with Crippen molar-refractivity contribution in [1.29, 1.82) is 0 Å². The Kier molecular flexibility index (Phi) is 31.5. The Bertz CT molecular complexity index is 3620. The first-order chi connectivity index (χ1) is 41.9. The summed E-state index contributed by atoms with van der Waals surface area (Å²) in [5.41, 5.74) is 8.21.